The monoisotopic (exact) mass is 232 g/mol. The number of hydrogen-bond donors (Lipinski definition) is 1. The molecular formula is C11H24N2OS. The molecule has 0 aromatic rings. The average molecular weight is 232 g/mol. The number of nitrogens with one attached hydrogen (secondary N) is 1. The van der Waals surface area contributed by atoms with E-state index >= 15 is 0 Å². The molecule has 90 valence electrons. The van der Waals surface area contributed by atoms with E-state index in [-0.39, 0.29) is 0 Å². The lowest BCUT2D eigenvalue weighted by Gasteiger charge is -2.27. The predicted octanol–water partition coefficient (Wildman–Crippen LogP) is 0.685. The maximum absolute atomic E-state index is 11.1. The van der Waals surface area contributed by atoms with E-state index in [0.717, 1.165) is 37.7 Å². The van der Waals surface area contributed by atoms with Gasteiger partial charge in [-0.2, -0.15) is 0 Å². The molecule has 1 rings (SSSR count). The molecule has 0 aromatic heterocycles. The molecular weight excluding hydrogens is 208 g/mol. The maximum Gasteiger partial charge on any atom is 0.0363 e. The Balaban J connectivity index is 2.07. The molecule has 1 aliphatic heterocycles. The van der Waals surface area contributed by atoms with Crippen molar-refractivity contribution in [2.45, 2.75) is 26.8 Å². The van der Waals surface area contributed by atoms with E-state index in [1.54, 1.807) is 0 Å². The highest BCUT2D eigenvalue weighted by Gasteiger charge is 2.14. The molecule has 1 atom stereocenters. The molecule has 1 heterocycles. The summed E-state index contributed by atoms with van der Waals surface area (Å²) in [6.07, 6.45) is 0. The first-order valence-corrected chi connectivity index (χ1v) is 7.39. The van der Waals surface area contributed by atoms with Crippen molar-refractivity contribution in [2.75, 3.05) is 37.7 Å². The van der Waals surface area contributed by atoms with Gasteiger partial charge in [0.15, 0.2) is 0 Å². The molecule has 0 aliphatic carbocycles. The highest BCUT2D eigenvalue weighted by Crippen LogP contribution is 2.01. The van der Waals surface area contributed by atoms with Gasteiger partial charge in [0.05, 0.1) is 0 Å². The van der Waals surface area contributed by atoms with Crippen molar-refractivity contribution in [3.05, 3.63) is 0 Å². The minimum absolute atomic E-state index is 0.545. The van der Waals surface area contributed by atoms with Gasteiger partial charge in [-0.3, -0.25) is 4.21 Å². The van der Waals surface area contributed by atoms with Crippen LogP contribution in [0.2, 0.25) is 0 Å². The van der Waals surface area contributed by atoms with Crippen LogP contribution in [0.5, 0.6) is 0 Å². The fourth-order valence-electron chi connectivity index (χ4n) is 1.59. The highest BCUT2D eigenvalue weighted by atomic mass is 32.2. The van der Waals surface area contributed by atoms with Crippen LogP contribution < -0.4 is 5.32 Å². The van der Waals surface area contributed by atoms with Gasteiger partial charge in [0.1, 0.15) is 0 Å². The summed E-state index contributed by atoms with van der Waals surface area (Å²) in [5, 5.41) is 3.52. The van der Waals surface area contributed by atoms with Crippen LogP contribution in [0.25, 0.3) is 0 Å². The van der Waals surface area contributed by atoms with Gasteiger partial charge in [-0.05, 0) is 12.8 Å². The third-order valence-corrected chi connectivity index (χ3v) is 4.44. The van der Waals surface area contributed by atoms with Crippen LogP contribution in [0.4, 0.5) is 0 Å². The molecule has 4 heteroatoms. The Bertz CT molecular complexity index is 199. The van der Waals surface area contributed by atoms with Crippen molar-refractivity contribution < 1.29 is 4.21 Å². The van der Waals surface area contributed by atoms with E-state index in [0.29, 0.717) is 12.0 Å². The minimum Gasteiger partial charge on any atom is -0.313 e. The first-order chi connectivity index (χ1) is 7.09. The van der Waals surface area contributed by atoms with Crippen LogP contribution in [0.1, 0.15) is 20.8 Å². The van der Waals surface area contributed by atoms with Gasteiger partial charge in [0.2, 0.25) is 0 Å². The van der Waals surface area contributed by atoms with Crippen LogP contribution >= 0.6 is 0 Å². The third kappa shape index (κ3) is 5.09. The van der Waals surface area contributed by atoms with Crippen LogP contribution in [0.15, 0.2) is 0 Å². The molecule has 1 N–H and O–H groups in total. The van der Waals surface area contributed by atoms with Crippen LogP contribution in [-0.4, -0.2) is 52.8 Å². The molecule has 0 bridgehead atoms. The van der Waals surface area contributed by atoms with Crippen LogP contribution in [-0.2, 0) is 10.8 Å². The van der Waals surface area contributed by atoms with Gasteiger partial charge >= 0.3 is 0 Å². The van der Waals surface area contributed by atoms with Gasteiger partial charge < -0.3 is 10.2 Å². The number of hydrogen-bond acceptors (Lipinski definition) is 3. The lowest BCUT2D eigenvalue weighted by Crippen LogP contribution is -2.43. The molecule has 0 spiro atoms. The second kappa shape index (κ2) is 6.61. The Morgan fingerprint density at radius 3 is 2.40 bits per heavy atom. The summed E-state index contributed by atoms with van der Waals surface area (Å²) < 4.78 is 11.1. The smallest absolute Gasteiger partial charge is 0.0363 e. The zero-order valence-corrected chi connectivity index (χ0v) is 11.0. The first-order valence-electron chi connectivity index (χ1n) is 5.90. The summed E-state index contributed by atoms with van der Waals surface area (Å²) >= 11 is 0. The van der Waals surface area contributed by atoms with E-state index in [1.165, 1.54) is 0 Å². The van der Waals surface area contributed by atoms with Crippen molar-refractivity contribution in [2.24, 2.45) is 5.92 Å². The van der Waals surface area contributed by atoms with Crippen molar-refractivity contribution >= 4 is 10.8 Å². The molecule has 0 radical (unpaired) electrons. The Kier molecular flexibility index (Phi) is 5.79. The van der Waals surface area contributed by atoms with Gasteiger partial charge in [0.25, 0.3) is 0 Å². The second-order valence-corrected chi connectivity index (χ2v) is 6.37. The second-order valence-electron chi connectivity index (χ2n) is 4.68. The number of nitrogens with zero attached hydrogens (tertiary/aromatic N) is 1. The summed E-state index contributed by atoms with van der Waals surface area (Å²) in [4.78, 5) is 2.40. The van der Waals surface area contributed by atoms with E-state index in [1.807, 2.05) is 0 Å². The van der Waals surface area contributed by atoms with Crippen molar-refractivity contribution in [1.82, 2.24) is 10.2 Å². The fraction of sp³-hybridized carbons (Fsp3) is 1.00. The zero-order valence-electron chi connectivity index (χ0n) is 10.2. The molecule has 1 aliphatic rings. The average Bonchev–Trinajstić information content (AvgIpc) is 2.20. The largest absolute Gasteiger partial charge is 0.313 e. The van der Waals surface area contributed by atoms with Crippen LogP contribution in [0.3, 0.4) is 0 Å². The van der Waals surface area contributed by atoms with Gasteiger partial charge in [-0.1, -0.05) is 13.8 Å². The minimum atomic E-state index is -0.545. The van der Waals surface area contributed by atoms with E-state index in [9.17, 15) is 4.21 Å². The Morgan fingerprint density at radius 1 is 1.27 bits per heavy atom. The molecule has 0 saturated carbocycles. The molecule has 0 amide bonds. The quantitative estimate of drug-likeness (QED) is 0.757. The fourth-order valence-corrected chi connectivity index (χ4v) is 2.71. The van der Waals surface area contributed by atoms with E-state index < -0.39 is 10.8 Å². The lowest BCUT2D eigenvalue weighted by molar-refractivity contribution is 0.287. The van der Waals surface area contributed by atoms with Crippen LogP contribution in [0, 0.1) is 5.92 Å². The predicted molar refractivity (Wildman–Crippen MR) is 66.6 cm³/mol. The SMILES string of the molecule is CC(C)C(C)NCCN1CCS(=O)CC1. The van der Waals surface area contributed by atoms with Crippen molar-refractivity contribution in [1.29, 1.82) is 0 Å². The maximum atomic E-state index is 11.1. The van der Waals surface area contributed by atoms with Gasteiger partial charge in [0, 0.05) is 54.5 Å². The highest BCUT2D eigenvalue weighted by molar-refractivity contribution is 7.85. The summed E-state index contributed by atoms with van der Waals surface area (Å²) in [6, 6.07) is 0.587. The van der Waals surface area contributed by atoms with Crippen molar-refractivity contribution in [3.8, 4) is 0 Å². The molecule has 1 fully saturated rings. The summed E-state index contributed by atoms with van der Waals surface area (Å²) in [5.41, 5.74) is 0. The molecule has 0 aromatic carbocycles. The standard InChI is InChI=1S/C11H24N2OS/c1-10(2)11(3)12-4-5-13-6-8-15(14)9-7-13/h10-12H,4-9H2,1-3H3. The number of rotatable bonds is 5. The van der Waals surface area contributed by atoms with E-state index in [2.05, 4.69) is 31.0 Å². The Morgan fingerprint density at radius 2 is 1.87 bits per heavy atom. The molecule has 1 saturated heterocycles. The topological polar surface area (TPSA) is 32.3 Å². The lowest BCUT2D eigenvalue weighted by atomic mass is 10.1. The first kappa shape index (κ1) is 13.1. The van der Waals surface area contributed by atoms with E-state index in [4.69, 9.17) is 0 Å². The Hall–Kier alpha value is 0.0700. The molecule has 3 nitrogen and oxygen atoms in total. The van der Waals surface area contributed by atoms with Gasteiger partial charge in [-0.15, -0.1) is 0 Å². The molecule has 1 unspecified atom stereocenters. The Labute approximate surface area is 96.1 Å². The normalized spacial score (nSPS) is 22.1. The van der Waals surface area contributed by atoms with Crippen molar-refractivity contribution in [3.63, 3.8) is 0 Å². The summed E-state index contributed by atoms with van der Waals surface area (Å²) in [6.45, 7) is 10.9. The summed E-state index contributed by atoms with van der Waals surface area (Å²) in [7, 11) is -0.545. The third-order valence-electron chi connectivity index (χ3n) is 3.16. The zero-order chi connectivity index (χ0) is 11.3. The van der Waals surface area contributed by atoms with Gasteiger partial charge in [-0.25, -0.2) is 0 Å². The molecule has 15 heavy (non-hydrogen) atoms. The summed E-state index contributed by atoms with van der Waals surface area (Å²) in [5.74, 6) is 2.42.